The second-order valence-corrected chi connectivity index (χ2v) is 5.24. The van der Waals surface area contributed by atoms with E-state index in [1.807, 2.05) is 6.92 Å². The number of carboxylic acid groups (broad SMARTS) is 1. The highest BCUT2D eigenvalue weighted by atomic mass is 16.4. The van der Waals surface area contributed by atoms with Crippen LogP contribution in [0.1, 0.15) is 41.7 Å². The van der Waals surface area contributed by atoms with E-state index in [4.69, 9.17) is 10.8 Å². The van der Waals surface area contributed by atoms with E-state index in [-0.39, 0.29) is 12.0 Å². The Morgan fingerprint density at radius 2 is 1.95 bits per heavy atom. The van der Waals surface area contributed by atoms with Crippen LogP contribution in [0.25, 0.3) is 0 Å². The van der Waals surface area contributed by atoms with Crippen LogP contribution in [0.4, 0.5) is 5.82 Å². The molecule has 0 spiro atoms. The number of aromatic nitrogens is 1. The minimum absolute atomic E-state index is 0.137. The first-order valence-electron chi connectivity index (χ1n) is 6.74. The molecule has 20 heavy (non-hydrogen) atoms. The summed E-state index contributed by atoms with van der Waals surface area (Å²) in [6, 6.07) is 3.54. The van der Waals surface area contributed by atoms with Gasteiger partial charge in [0.15, 0.2) is 0 Å². The number of hydrogen-bond donors (Lipinski definition) is 3. The normalized spacial score (nSPS) is 22.2. The van der Waals surface area contributed by atoms with Crippen LogP contribution in [-0.4, -0.2) is 28.0 Å². The van der Waals surface area contributed by atoms with Gasteiger partial charge in [0.05, 0.1) is 11.5 Å². The van der Waals surface area contributed by atoms with E-state index >= 15 is 0 Å². The smallest absolute Gasteiger partial charge is 0.306 e. The van der Waals surface area contributed by atoms with Gasteiger partial charge in [-0.25, -0.2) is 4.98 Å². The number of nitrogens with two attached hydrogens (primary N) is 1. The Hall–Kier alpha value is -2.11. The van der Waals surface area contributed by atoms with Crippen molar-refractivity contribution < 1.29 is 14.7 Å². The number of nitrogens with zero attached hydrogens (tertiary/aromatic N) is 1. The molecule has 1 amide bonds. The number of primary amides is 1. The van der Waals surface area contributed by atoms with E-state index < -0.39 is 11.9 Å². The molecule has 0 aromatic carbocycles. The Morgan fingerprint density at radius 3 is 2.50 bits per heavy atom. The summed E-state index contributed by atoms with van der Waals surface area (Å²) < 4.78 is 0. The van der Waals surface area contributed by atoms with E-state index in [9.17, 15) is 9.59 Å². The highest BCUT2D eigenvalue weighted by molar-refractivity contribution is 5.97. The Labute approximate surface area is 117 Å². The lowest BCUT2D eigenvalue weighted by Gasteiger charge is -2.27. The van der Waals surface area contributed by atoms with Crippen molar-refractivity contribution in [3.05, 3.63) is 23.4 Å². The molecular weight excluding hydrogens is 258 g/mol. The molecule has 1 aromatic heterocycles. The summed E-state index contributed by atoms with van der Waals surface area (Å²) in [5.74, 6) is -1.00. The van der Waals surface area contributed by atoms with Crippen LogP contribution in [0.15, 0.2) is 12.1 Å². The average Bonchev–Trinajstić information content (AvgIpc) is 2.39. The molecule has 0 radical (unpaired) electrons. The van der Waals surface area contributed by atoms with Crippen molar-refractivity contribution in [2.24, 2.45) is 11.7 Å². The van der Waals surface area contributed by atoms with Gasteiger partial charge < -0.3 is 16.2 Å². The molecule has 6 heteroatoms. The quantitative estimate of drug-likeness (QED) is 0.774. The zero-order valence-corrected chi connectivity index (χ0v) is 11.4. The van der Waals surface area contributed by atoms with Gasteiger partial charge in [-0.3, -0.25) is 9.59 Å². The minimum Gasteiger partial charge on any atom is -0.481 e. The lowest BCUT2D eigenvalue weighted by atomic mass is 9.86. The number of carboxylic acids is 1. The highest BCUT2D eigenvalue weighted by Gasteiger charge is 2.26. The summed E-state index contributed by atoms with van der Waals surface area (Å²) in [7, 11) is 0. The lowest BCUT2D eigenvalue weighted by Crippen LogP contribution is -2.30. The summed E-state index contributed by atoms with van der Waals surface area (Å²) >= 11 is 0. The molecule has 4 N–H and O–H groups in total. The zero-order chi connectivity index (χ0) is 14.7. The number of aryl methyl sites for hydroxylation is 1. The maximum atomic E-state index is 11.4. The molecule has 6 nitrogen and oxygen atoms in total. The second-order valence-electron chi connectivity index (χ2n) is 5.24. The van der Waals surface area contributed by atoms with Crippen molar-refractivity contribution in [1.29, 1.82) is 0 Å². The number of carbonyl (C=O) groups excluding carboxylic acids is 1. The second kappa shape index (κ2) is 5.90. The Kier molecular flexibility index (Phi) is 4.22. The monoisotopic (exact) mass is 277 g/mol. The molecule has 0 aliphatic heterocycles. The minimum atomic E-state index is -0.727. The van der Waals surface area contributed by atoms with Crippen LogP contribution >= 0.6 is 0 Å². The summed E-state index contributed by atoms with van der Waals surface area (Å²) in [4.78, 5) is 26.6. The molecule has 0 bridgehead atoms. The fourth-order valence-electron chi connectivity index (χ4n) is 2.54. The molecule has 108 valence electrons. The number of carbonyl (C=O) groups is 2. The molecule has 0 unspecified atom stereocenters. The predicted octanol–water partition coefficient (Wildman–Crippen LogP) is 1.54. The summed E-state index contributed by atoms with van der Waals surface area (Å²) in [5, 5.41) is 12.2. The molecule has 0 saturated heterocycles. The van der Waals surface area contributed by atoms with Gasteiger partial charge in [-0.1, -0.05) is 0 Å². The third-order valence-corrected chi connectivity index (χ3v) is 3.72. The number of rotatable bonds is 4. The van der Waals surface area contributed by atoms with E-state index in [0.29, 0.717) is 24.2 Å². The van der Waals surface area contributed by atoms with Crippen LogP contribution in [0.5, 0.6) is 0 Å². The fourth-order valence-corrected chi connectivity index (χ4v) is 2.54. The topological polar surface area (TPSA) is 105 Å². The maximum absolute atomic E-state index is 11.4. The summed E-state index contributed by atoms with van der Waals surface area (Å²) in [6.45, 7) is 1.84. The van der Waals surface area contributed by atoms with E-state index in [2.05, 4.69) is 10.3 Å². The predicted molar refractivity (Wildman–Crippen MR) is 74.5 cm³/mol. The van der Waals surface area contributed by atoms with Gasteiger partial charge in [-0.05, 0) is 44.7 Å². The first-order chi connectivity index (χ1) is 9.47. The van der Waals surface area contributed by atoms with Crippen LogP contribution < -0.4 is 11.1 Å². The van der Waals surface area contributed by atoms with Crippen molar-refractivity contribution in [3.8, 4) is 0 Å². The van der Waals surface area contributed by atoms with Crippen LogP contribution in [0.2, 0.25) is 0 Å². The van der Waals surface area contributed by atoms with Gasteiger partial charge in [0, 0.05) is 11.7 Å². The number of nitrogens with one attached hydrogen (secondary N) is 1. The zero-order valence-electron chi connectivity index (χ0n) is 11.4. The van der Waals surface area contributed by atoms with Crippen molar-refractivity contribution in [2.75, 3.05) is 5.32 Å². The third-order valence-electron chi connectivity index (χ3n) is 3.72. The molecule has 1 saturated carbocycles. The van der Waals surface area contributed by atoms with E-state index in [0.717, 1.165) is 18.5 Å². The van der Waals surface area contributed by atoms with Crippen molar-refractivity contribution in [1.82, 2.24) is 4.98 Å². The maximum Gasteiger partial charge on any atom is 0.306 e. The van der Waals surface area contributed by atoms with Crippen LogP contribution in [0, 0.1) is 12.8 Å². The molecule has 0 atom stereocenters. The molecule has 1 heterocycles. The molecule has 1 aliphatic rings. The van der Waals surface area contributed by atoms with Crippen molar-refractivity contribution >= 4 is 17.7 Å². The number of aliphatic carboxylic acids is 1. The van der Waals surface area contributed by atoms with Crippen LogP contribution in [-0.2, 0) is 4.79 Å². The van der Waals surface area contributed by atoms with Crippen molar-refractivity contribution in [2.45, 2.75) is 38.6 Å². The molecule has 1 aromatic rings. The van der Waals surface area contributed by atoms with Gasteiger partial charge in [-0.2, -0.15) is 0 Å². The standard InChI is InChI=1S/C14H19N3O3/c1-8-2-7-11(12(15)18)13(16-8)17-10-5-3-9(4-6-10)14(19)20/h2,7,9-10H,3-6H2,1H3,(H2,15,18)(H,16,17)(H,19,20). The van der Waals surface area contributed by atoms with Crippen LogP contribution in [0.3, 0.4) is 0 Å². The van der Waals surface area contributed by atoms with E-state index in [1.54, 1.807) is 12.1 Å². The number of amides is 1. The highest BCUT2D eigenvalue weighted by Crippen LogP contribution is 2.27. The SMILES string of the molecule is Cc1ccc(C(N)=O)c(NC2CCC(C(=O)O)CC2)n1. The number of hydrogen-bond acceptors (Lipinski definition) is 4. The number of anilines is 1. The molecule has 1 aliphatic carbocycles. The number of pyridine rings is 1. The first kappa shape index (κ1) is 14.3. The molecule has 1 fully saturated rings. The van der Waals surface area contributed by atoms with Gasteiger partial charge in [0.25, 0.3) is 5.91 Å². The third kappa shape index (κ3) is 3.26. The lowest BCUT2D eigenvalue weighted by molar-refractivity contribution is -0.142. The van der Waals surface area contributed by atoms with Gasteiger partial charge >= 0.3 is 5.97 Å². The average molecular weight is 277 g/mol. The Bertz CT molecular complexity index is 522. The Balaban J connectivity index is 2.06. The largest absolute Gasteiger partial charge is 0.481 e. The first-order valence-corrected chi connectivity index (χ1v) is 6.74. The van der Waals surface area contributed by atoms with Crippen molar-refractivity contribution in [3.63, 3.8) is 0 Å². The molecular formula is C14H19N3O3. The van der Waals surface area contributed by atoms with Gasteiger partial charge in [0.1, 0.15) is 5.82 Å². The van der Waals surface area contributed by atoms with Gasteiger partial charge in [-0.15, -0.1) is 0 Å². The molecule has 2 rings (SSSR count). The Morgan fingerprint density at radius 1 is 1.30 bits per heavy atom. The van der Waals surface area contributed by atoms with E-state index in [1.165, 1.54) is 0 Å². The van der Waals surface area contributed by atoms with Gasteiger partial charge in [0.2, 0.25) is 0 Å². The summed E-state index contributed by atoms with van der Waals surface area (Å²) in [6.07, 6.45) is 2.80. The summed E-state index contributed by atoms with van der Waals surface area (Å²) in [5.41, 5.74) is 6.51. The fraction of sp³-hybridized carbons (Fsp3) is 0.500.